The van der Waals surface area contributed by atoms with Gasteiger partial charge in [0.05, 0.1) is 23.4 Å². The molecule has 156 valence electrons. The van der Waals surface area contributed by atoms with E-state index in [1.54, 1.807) is 11.0 Å². The number of carbonyl (C=O) groups excluding carboxylic acids is 1. The molecule has 6 nitrogen and oxygen atoms in total. The van der Waals surface area contributed by atoms with Crippen molar-refractivity contribution in [1.82, 2.24) is 20.2 Å². The number of alkyl halides is 3. The molecule has 0 atom stereocenters. The minimum atomic E-state index is -4.43. The zero-order valence-corrected chi connectivity index (χ0v) is 16.5. The van der Waals surface area contributed by atoms with Crippen molar-refractivity contribution in [3.63, 3.8) is 0 Å². The van der Waals surface area contributed by atoms with Gasteiger partial charge in [-0.15, -0.1) is 0 Å². The van der Waals surface area contributed by atoms with Gasteiger partial charge in [-0.25, -0.2) is 9.78 Å². The maximum absolute atomic E-state index is 12.9. The van der Waals surface area contributed by atoms with Crippen LogP contribution >= 0.6 is 0 Å². The average molecular weight is 408 g/mol. The second-order valence-corrected chi connectivity index (χ2v) is 8.16. The van der Waals surface area contributed by atoms with Crippen molar-refractivity contribution in [3.05, 3.63) is 62.8 Å². The Hall–Kier alpha value is -2.84. The average Bonchev–Trinajstić information content (AvgIpc) is 2.59. The summed E-state index contributed by atoms with van der Waals surface area (Å²) in [5, 5.41) is 2.86. The highest BCUT2D eigenvalue weighted by molar-refractivity contribution is 5.75. The van der Waals surface area contributed by atoms with Crippen LogP contribution in [0.15, 0.2) is 29.1 Å². The molecule has 1 aromatic carbocycles. The number of urea groups is 1. The van der Waals surface area contributed by atoms with Gasteiger partial charge in [-0.1, -0.05) is 18.2 Å². The van der Waals surface area contributed by atoms with Gasteiger partial charge in [0.1, 0.15) is 5.82 Å². The Morgan fingerprint density at radius 2 is 2.00 bits per heavy atom. The van der Waals surface area contributed by atoms with Crippen LogP contribution in [-0.4, -0.2) is 33.0 Å². The lowest BCUT2D eigenvalue weighted by Crippen LogP contribution is -2.50. The SMILES string of the molecule is CC(C)(C)NC(=O)N1CCc2nc(Cc3cccc(C(F)(F)F)c3)[nH]c(=O)c2C1. The minimum absolute atomic E-state index is 0.0840. The van der Waals surface area contributed by atoms with E-state index in [2.05, 4.69) is 15.3 Å². The smallest absolute Gasteiger partial charge is 0.333 e. The Morgan fingerprint density at radius 3 is 2.66 bits per heavy atom. The maximum atomic E-state index is 12.9. The van der Waals surface area contributed by atoms with Crippen molar-refractivity contribution in [2.45, 2.75) is 51.9 Å². The van der Waals surface area contributed by atoms with E-state index in [9.17, 15) is 22.8 Å². The fourth-order valence-electron chi connectivity index (χ4n) is 3.18. The molecule has 2 N–H and O–H groups in total. The number of rotatable bonds is 2. The van der Waals surface area contributed by atoms with E-state index < -0.39 is 17.3 Å². The third kappa shape index (κ3) is 5.16. The fourth-order valence-corrected chi connectivity index (χ4v) is 3.18. The second-order valence-electron chi connectivity index (χ2n) is 8.16. The van der Waals surface area contributed by atoms with Crippen LogP contribution in [0, 0.1) is 0 Å². The van der Waals surface area contributed by atoms with Crippen LogP contribution in [0.25, 0.3) is 0 Å². The van der Waals surface area contributed by atoms with Crippen LogP contribution in [0.1, 0.15) is 49.0 Å². The molecule has 0 spiro atoms. The van der Waals surface area contributed by atoms with Gasteiger partial charge in [-0.3, -0.25) is 4.79 Å². The molecular weight excluding hydrogens is 385 g/mol. The number of nitrogens with one attached hydrogen (secondary N) is 2. The molecule has 0 unspecified atom stereocenters. The first-order chi connectivity index (χ1) is 13.4. The molecule has 0 fully saturated rings. The lowest BCUT2D eigenvalue weighted by Gasteiger charge is -2.31. The van der Waals surface area contributed by atoms with E-state index in [1.165, 1.54) is 6.07 Å². The highest BCUT2D eigenvalue weighted by Gasteiger charge is 2.30. The Morgan fingerprint density at radius 1 is 1.28 bits per heavy atom. The summed E-state index contributed by atoms with van der Waals surface area (Å²) in [6, 6.07) is 4.70. The van der Waals surface area contributed by atoms with E-state index >= 15 is 0 Å². The number of hydrogen-bond acceptors (Lipinski definition) is 3. The van der Waals surface area contributed by atoms with Crippen LogP contribution in [0.5, 0.6) is 0 Å². The van der Waals surface area contributed by atoms with Gasteiger partial charge in [0.25, 0.3) is 5.56 Å². The number of amides is 2. The van der Waals surface area contributed by atoms with Crippen LogP contribution in [0.2, 0.25) is 0 Å². The van der Waals surface area contributed by atoms with Gasteiger partial charge in [-0.2, -0.15) is 13.2 Å². The third-order valence-electron chi connectivity index (χ3n) is 4.51. The molecule has 9 heteroatoms. The zero-order chi connectivity index (χ0) is 21.4. The Bertz CT molecular complexity index is 977. The Labute approximate surface area is 166 Å². The van der Waals surface area contributed by atoms with E-state index in [4.69, 9.17) is 0 Å². The highest BCUT2D eigenvalue weighted by atomic mass is 19.4. The van der Waals surface area contributed by atoms with Gasteiger partial charge in [0, 0.05) is 24.9 Å². The monoisotopic (exact) mass is 408 g/mol. The van der Waals surface area contributed by atoms with Crippen molar-refractivity contribution in [2.24, 2.45) is 0 Å². The van der Waals surface area contributed by atoms with E-state index in [-0.39, 0.29) is 24.6 Å². The predicted octanol–water partition coefficient (Wildman–Crippen LogP) is 3.25. The minimum Gasteiger partial charge on any atom is -0.333 e. The van der Waals surface area contributed by atoms with Crippen molar-refractivity contribution >= 4 is 6.03 Å². The van der Waals surface area contributed by atoms with E-state index in [0.717, 1.165) is 12.1 Å². The number of carbonyl (C=O) groups is 1. The largest absolute Gasteiger partial charge is 0.416 e. The molecule has 1 aromatic heterocycles. The van der Waals surface area contributed by atoms with E-state index in [1.807, 2.05) is 20.8 Å². The van der Waals surface area contributed by atoms with Crippen molar-refractivity contribution in [1.29, 1.82) is 0 Å². The third-order valence-corrected chi connectivity index (χ3v) is 4.51. The number of fused-ring (bicyclic) bond motifs is 1. The summed E-state index contributed by atoms with van der Waals surface area (Å²) < 4.78 is 38.7. The van der Waals surface area contributed by atoms with Crippen LogP contribution < -0.4 is 10.9 Å². The predicted molar refractivity (Wildman–Crippen MR) is 102 cm³/mol. The summed E-state index contributed by atoms with van der Waals surface area (Å²) in [5.41, 5.74) is -0.105. The highest BCUT2D eigenvalue weighted by Crippen LogP contribution is 2.29. The van der Waals surface area contributed by atoms with Gasteiger partial charge in [0.15, 0.2) is 0 Å². The number of nitrogens with zero attached hydrogens (tertiary/aromatic N) is 2. The summed E-state index contributed by atoms with van der Waals surface area (Å²) >= 11 is 0. The molecule has 2 aromatic rings. The van der Waals surface area contributed by atoms with Crippen LogP contribution in [0.4, 0.5) is 18.0 Å². The molecule has 1 aliphatic rings. The molecule has 1 aliphatic heterocycles. The molecule has 0 bridgehead atoms. The first-order valence-corrected chi connectivity index (χ1v) is 9.26. The molecular formula is C20H23F3N4O2. The zero-order valence-electron chi connectivity index (χ0n) is 16.5. The number of halogens is 3. The quantitative estimate of drug-likeness (QED) is 0.801. The molecule has 0 radical (unpaired) electrons. The van der Waals surface area contributed by atoms with Gasteiger partial charge >= 0.3 is 12.2 Å². The molecule has 0 saturated carbocycles. The number of aromatic amines is 1. The van der Waals surface area contributed by atoms with E-state index in [0.29, 0.717) is 35.6 Å². The summed E-state index contributed by atoms with van der Waals surface area (Å²) in [5.74, 6) is 0.306. The molecule has 29 heavy (non-hydrogen) atoms. The number of aromatic nitrogens is 2. The van der Waals surface area contributed by atoms with Crippen molar-refractivity contribution in [2.75, 3.05) is 6.54 Å². The lowest BCUT2D eigenvalue weighted by atomic mass is 10.0. The normalized spacial score (nSPS) is 14.5. The summed E-state index contributed by atoms with van der Waals surface area (Å²) in [7, 11) is 0. The number of H-pyrrole nitrogens is 1. The Balaban J connectivity index is 1.79. The van der Waals surface area contributed by atoms with Gasteiger partial charge in [-0.05, 0) is 32.4 Å². The molecule has 2 amide bonds. The molecule has 0 aliphatic carbocycles. The van der Waals surface area contributed by atoms with Crippen LogP contribution in [-0.2, 0) is 25.6 Å². The van der Waals surface area contributed by atoms with Gasteiger partial charge in [0.2, 0.25) is 0 Å². The van der Waals surface area contributed by atoms with Crippen LogP contribution in [0.3, 0.4) is 0 Å². The Kier molecular flexibility index (Phi) is 5.42. The summed E-state index contributed by atoms with van der Waals surface area (Å²) in [6.07, 6.45) is -3.93. The standard InChI is InChI=1S/C20H23F3N4O2/c1-19(2,3)26-18(29)27-8-7-15-14(11-27)17(28)25-16(24-15)10-12-5-4-6-13(9-12)20(21,22)23/h4-6,9H,7-8,10-11H2,1-3H3,(H,26,29)(H,24,25,28). The molecule has 3 rings (SSSR count). The second kappa shape index (κ2) is 7.53. The fraction of sp³-hybridized carbons (Fsp3) is 0.450. The first-order valence-electron chi connectivity index (χ1n) is 9.26. The topological polar surface area (TPSA) is 78.1 Å². The first kappa shape index (κ1) is 20.9. The van der Waals surface area contributed by atoms with Crippen molar-refractivity contribution in [3.8, 4) is 0 Å². The number of benzene rings is 1. The summed E-state index contributed by atoms with van der Waals surface area (Å²) in [4.78, 5) is 33.5. The molecule has 2 heterocycles. The van der Waals surface area contributed by atoms with Crippen molar-refractivity contribution < 1.29 is 18.0 Å². The molecule has 0 saturated heterocycles. The maximum Gasteiger partial charge on any atom is 0.416 e. The van der Waals surface area contributed by atoms with Gasteiger partial charge < -0.3 is 15.2 Å². The number of hydrogen-bond donors (Lipinski definition) is 2. The lowest BCUT2D eigenvalue weighted by molar-refractivity contribution is -0.137. The summed E-state index contributed by atoms with van der Waals surface area (Å²) in [6.45, 7) is 6.17.